The van der Waals surface area contributed by atoms with E-state index in [-0.39, 0.29) is 10.6 Å². The number of aromatic nitrogens is 3. The minimum atomic E-state index is -3.27. The molecule has 30 heavy (non-hydrogen) atoms. The van der Waals surface area contributed by atoms with Crippen LogP contribution in [0.4, 0.5) is 11.4 Å². The van der Waals surface area contributed by atoms with E-state index in [0.29, 0.717) is 43.0 Å². The first-order chi connectivity index (χ1) is 14.2. The van der Waals surface area contributed by atoms with Crippen LogP contribution in [-0.4, -0.2) is 72.2 Å². The van der Waals surface area contributed by atoms with Crippen LogP contribution < -0.4 is 15.9 Å². The Labute approximate surface area is 173 Å². The van der Waals surface area contributed by atoms with Crippen molar-refractivity contribution in [1.82, 2.24) is 19.9 Å². The number of rotatable bonds is 5. The summed E-state index contributed by atoms with van der Waals surface area (Å²) in [6.45, 7) is 4.34. The van der Waals surface area contributed by atoms with E-state index < -0.39 is 16.2 Å². The van der Waals surface area contributed by atoms with Crippen LogP contribution in [0.2, 0.25) is 0 Å². The zero-order valence-electron chi connectivity index (χ0n) is 16.7. The van der Waals surface area contributed by atoms with E-state index in [1.54, 1.807) is 25.3 Å². The number of sulfone groups is 1. The molecule has 1 fully saturated rings. The summed E-state index contributed by atoms with van der Waals surface area (Å²) < 4.78 is 23.4. The molecule has 3 heterocycles. The number of pyridine rings is 1. The van der Waals surface area contributed by atoms with Crippen molar-refractivity contribution in [3.8, 4) is 0 Å². The summed E-state index contributed by atoms with van der Waals surface area (Å²) in [4.78, 5) is 25.5. The van der Waals surface area contributed by atoms with Gasteiger partial charge in [-0.15, -0.1) is 0 Å². The van der Waals surface area contributed by atoms with Crippen molar-refractivity contribution < 1.29 is 13.5 Å². The number of benzene rings is 1. The van der Waals surface area contributed by atoms with Gasteiger partial charge in [0.2, 0.25) is 0 Å². The third-order valence-corrected chi connectivity index (χ3v) is 6.42. The molecule has 0 aliphatic carbocycles. The molecular weight excluding hydrogens is 408 g/mol. The molecule has 1 saturated heterocycles. The normalized spacial score (nSPS) is 16.7. The molecule has 1 atom stereocenters. The molecule has 0 radical (unpaired) electrons. The maximum atomic E-state index is 11.7. The Kier molecular flexibility index (Phi) is 5.26. The van der Waals surface area contributed by atoms with E-state index >= 15 is 0 Å². The lowest BCUT2D eigenvalue weighted by molar-refractivity contribution is 0.0225. The standard InChI is InChI=1S/C19H24N6O4S/c1-12-11-13(30(2,28)29)3-4-14(12)21-19(27)25-9-7-24(8-10-25)15-5-6-20-17-16(15)22-18(26)23-17/h3-6,11,19,21,27H,7-10H2,1-2H3,(H2,20,22,23,26). The Morgan fingerprint density at radius 3 is 2.57 bits per heavy atom. The molecule has 1 aromatic carbocycles. The van der Waals surface area contributed by atoms with Crippen molar-refractivity contribution in [3.63, 3.8) is 0 Å². The summed E-state index contributed by atoms with van der Waals surface area (Å²) in [7, 11) is -3.27. The Bertz CT molecular complexity index is 1230. The lowest BCUT2D eigenvalue weighted by atomic mass is 10.2. The van der Waals surface area contributed by atoms with Gasteiger partial charge in [0.05, 0.1) is 10.6 Å². The third-order valence-electron chi connectivity index (χ3n) is 5.31. The number of anilines is 2. The van der Waals surface area contributed by atoms with Crippen LogP contribution in [0.15, 0.2) is 40.2 Å². The number of fused-ring (bicyclic) bond motifs is 1. The Balaban J connectivity index is 1.42. The van der Waals surface area contributed by atoms with Crippen molar-refractivity contribution in [1.29, 1.82) is 0 Å². The van der Waals surface area contributed by atoms with Crippen LogP contribution in [0.25, 0.3) is 11.2 Å². The molecule has 0 bridgehead atoms. The third kappa shape index (κ3) is 4.04. The van der Waals surface area contributed by atoms with Crippen LogP contribution >= 0.6 is 0 Å². The van der Waals surface area contributed by atoms with Gasteiger partial charge in [-0.25, -0.2) is 18.2 Å². The molecule has 10 nitrogen and oxygen atoms in total. The summed E-state index contributed by atoms with van der Waals surface area (Å²) in [5, 5.41) is 13.7. The molecule has 3 aromatic rings. The van der Waals surface area contributed by atoms with Crippen LogP contribution in [0.1, 0.15) is 5.56 Å². The number of hydrogen-bond donors (Lipinski definition) is 4. The van der Waals surface area contributed by atoms with E-state index in [4.69, 9.17) is 0 Å². The predicted octanol–water partition coefficient (Wildman–Crippen LogP) is 0.473. The molecular formula is C19H24N6O4S. The molecule has 11 heteroatoms. The first kappa shape index (κ1) is 20.4. The molecule has 4 N–H and O–H groups in total. The Morgan fingerprint density at radius 1 is 1.17 bits per heavy atom. The van der Waals surface area contributed by atoms with Gasteiger partial charge in [0.1, 0.15) is 5.52 Å². The van der Waals surface area contributed by atoms with Crippen molar-refractivity contribution in [2.45, 2.75) is 18.2 Å². The highest BCUT2D eigenvalue weighted by Gasteiger charge is 2.24. The van der Waals surface area contributed by atoms with Gasteiger partial charge >= 0.3 is 5.69 Å². The number of piperazine rings is 1. The molecule has 0 spiro atoms. The smallest absolute Gasteiger partial charge is 0.325 e. The van der Waals surface area contributed by atoms with Crippen LogP contribution in [0.5, 0.6) is 0 Å². The van der Waals surface area contributed by atoms with Crippen molar-refractivity contribution in [2.24, 2.45) is 0 Å². The fourth-order valence-electron chi connectivity index (χ4n) is 3.65. The van der Waals surface area contributed by atoms with Crippen molar-refractivity contribution >= 4 is 32.4 Å². The van der Waals surface area contributed by atoms with Gasteiger partial charge in [-0.3, -0.25) is 9.88 Å². The first-order valence-corrected chi connectivity index (χ1v) is 11.4. The number of aromatic amines is 2. The van der Waals surface area contributed by atoms with Gasteiger partial charge in [-0.2, -0.15) is 0 Å². The maximum absolute atomic E-state index is 11.7. The molecule has 1 unspecified atom stereocenters. The number of nitrogens with zero attached hydrogens (tertiary/aromatic N) is 3. The van der Waals surface area contributed by atoms with E-state index in [9.17, 15) is 18.3 Å². The topological polar surface area (TPSA) is 134 Å². The Morgan fingerprint density at radius 2 is 1.90 bits per heavy atom. The number of hydrogen-bond acceptors (Lipinski definition) is 8. The van der Waals surface area contributed by atoms with E-state index in [2.05, 4.69) is 25.2 Å². The van der Waals surface area contributed by atoms with Crippen LogP contribution in [0, 0.1) is 6.92 Å². The van der Waals surface area contributed by atoms with E-state index in [1.165, 1.54) is 12.3 Å². The second-order valence-corrected chi connectivity index (χ2v) is 9.44. The number of aliphatic hydroxyl groups is 1. The molecule has 4 rings (SSSR count). The summed E-state index contributed by atoms with van der Waals surface area (Å²) >= 11 is 0. The molecule has 2 aromatic heterocycles. The first-order valence-electron chi connectivity index (χ1n) is 9.54. The lowest BCUT2D eigenvalue weighted by Gasteiger charge is -2.38. The zero-order chi connectivity index (χ0) is 21.5. The number of nitrogens with one attached hydrogen (secondary N) is 3. The van der Waals surface area contributed by atoms with Gasteiger partial charge in [0, 0.05) is 44.3 Å². The molecule has 1 aliphatic rings. The van der Waals surface area contributed by atoms with Gasteiger partial charge in [0.25, 0.3) is 0 Å². The van der Waals surface area contributed by atoms with E-state index in [0.717, 1.165) is 11.3 Å². The average Bonchev–Trinajstić information content (AvgIpc) is 3.09. The predicted molar refractivity (Wildman–Crippen MR) is 114 cm³/mol. The molecule has 0 amide bonds. The van der Waals surface area contributed by atoms with Gasteiger partial charge in [0.15, 0.2) is 21.8 Å². The SMILES string of the molecule is Cc1cc(S(C)(=O)=O)ccc1NC(O)N1CCN(c2ccnc3[nH]c(=O)[nH]c23)CC1. The second kappa shape index (κ2) is 7.74. The van der Waals surface area contributed by atoms with Gasteiger partial charge < -0.3 is 20.3 Å². The highest BCUT2D eigenvalue weighted by molar-refractivity contribution is 7.90. The minimum Gasteiger partial charge on any atom is -0.367 e. The highest BCUT2D eigenvalue weighted by Crippen LogP contribution is 2.24. The summed E-state index contributed by atoms with van der Waals surface area (Å²) in [5.41, 5.74) is 3.23. The van der Waals surface area contributed by atoms with Crippen molar-refractivity contribution in [2.75, 3.05) is 42.7 Å². The molecule has 0 saturated carbocycles. The summed E-state index contributed by atoms with van der Waals surface area (Å²) in [5.74, 6) is 0. The summed E-state index contributed by atoms with van der Waals surface area (Å²) in [6.07, 6.45) is 1.93. The monoisotopic (exact) mass is 432 g/mol. The largest absolute Gasteiger partial charge is 0.367 e. The van der Waals surface area contributed by atoms with E-state index in [1.807, 2.05) is 11.0 Å². The lowest BCUT2D eigenvalue weighted by Crippen LogP contribution is -2.52. The average molecular weight is 433 g/mol. The van der Waals surface area contributed by atoms with Gasteiger partial charge in [-0.05, 0) is 36.8 Å². The second-order valence-electron chi connectivity index (χ2n) is 7.42. The van der Waals surface area contributed by atoms with Crippen LogP contribution in [-0.2, 0) is 9.84 Å². The fourth-order valence-corrected chi connectivity index (χ4v) is 4.36. The number of aryl methyl sites for hydroxylation is 1. The number of H-pyrrole nitrogens is 2. The molecule has 1 aliphatic heterocycles. The number of imidazole rings is 1. The number of aliphatic hydroxyl groups excluding tert-OH is 1. The molecule has 160 valence electrons. The Hall–Kier alpha value is -2.89. The summed E-state index contributed by atoms with van der Waals surface area (Å²) in [6, 6.07) is 6.65. The maximum Gasteiger partial charge on any atom is 0.325 e. The minimum absolute atomic E-state index is 0.250. The van der Waals surface area contributed by atoms with Crippen molar-refractivity contribution in [3.05, 3.63) is 46.5 Å². The fraction of sp³-hybridized carbons (Fsp3) is 0.368. The highest BCUT2D eigenvalue weighted by atomic mass is 32.2. The zero-order valence-corrected chi connectivity index (χ0v) is 17.5. The van der Waals surface area contributed by atoms with Crippen LogP contribution in [0.3, 0.4) is 0 Å². The van der Waals surface area contributed by atoms with Gasteiger partial charge in [-0.1, -0.05) is 0 Å². The quantitative estimate of drug-likeness (QED) is 0.428.